The van der Waals surface area contributed by atoms with E-state index in [0.717, 1.165) is 70.6 Å². The molecule has 3 N–H and O–H groups in total. The predicted molar refractivity (Wildman–Crippen MR) is 230 cm³/mol. The fourth-order valence-corrected chi connectivity index (χ4v) is 5.99. The first-order valence-electron chi connectivity index (χ1n) is 21.0. The van der Waals surface area contributed by atoms with Crippen molar-refractivity contribution >= 4 is 13.7 Å². The van der Waals surface area contributed by atoms with Crippen LogP contribution in [0, 0.1) is 0 Å². The number of aliphatic hydroxyl groups is 1. The monoisotopic (exact) mass is 776 g/mol. The maximum atomic E-state index is 12.8. The summed E-state index contributed by atoms with van der Waals surface area (Å²) in [5.74, 6) is -0.224. The molecule has 0 heterocycles. The lowest BCUT2D eigenvalue weighted by molar-refractivity contribution is -0.870. The van der Waals surface area contributed by atoms with E-state index in [2.05, 4.69) is 92.1 Å². The van der Waals surface area contributed by atoms with Gasteiger partial charge in [0.1, 0.15) is 13.2 Å². The fraction of sp³-hybridized carbons (Fsp3) is 0.667. The van der Waals surface area contributed by atoms with Gasteiger partial charge < -0.3 is 19.8 Å². The first kappa shape index (κ1) is 51.7. The SMILES string of the molecule is CC/C=C\C/C=C\C/C=C\C/C=C\C/C=C\CCCCCC(=O)NC(COP(=O)(O)OCC[N+](C)(C)C)C(O)/C=C/CC/C=C/CCCCCCCCC. The molecule has 310 valence electrons. The molecule has 0 aromatic heterocycles. The maximum Gasteiger partial charge on any atom is 0.472 e. The van der Waals surface area contributed by atoms with Gasteiger partial charge in [0, 0.05) is 6.42 Å². The van der Waals surface area contributed by atoms with Crippen LogP contribution < -0.4 is 5.32 Å². The van der Waals surface area contributed by atoms with Gasteiger partial charge >= 0.3 is 7.82 Å². The van der Waals surface area contributed by atoms with Crippen molar-refractivity contribution in [3.8, 4) is 0 Å². The molecule has 0 rings (SSSR count). The van der Waals surface area contributed by atoms with E-state index in [-0.39, 0.29) is 19.1 Å². The molecule has 0 spiro atoms. The van der Waals surface area contributed by atoms with Gasteiger partial charge in [0.2, 0.25) is 5.91 Å². The molecule has 0 fully saturated rings. The molecule has 0 aliphatic rings. The number of quaternary nitrogens is 1. The molecule has 8 nitrogen and oxygen atoms in total. The highest BCUT2D eigenvalue weighted by molar-refractivity contribution is 7.47. The van der Waals surface area contributed by atoms with E-state index >= 15 is 0 Å². The molecule has 0 radical (unpaired) electrons. The number of carbonyl (C=O) groups excluding carboxylic acids is 1. The lowest BCUT2D eigenvalue weighted by atomic mass is 10.1. The van der Waals surface area contributed by atoms with Gasteiger partial charge in [-0.25, -0.2) is 4.57 Å². The molecule has 0 aliphatic heterocycles. The minimum atomic E-state index is -4.36. The molecular formula is C45H80N2O6P+. The predicted octanol–water partition coefficient (Wildman–Crippen LogP) is 11.4. The van der Waals surface area contributed by atoms with Crippen LogP contribution in [0.5, 0.6) is 0 Å². The number of hydrogen-bond donors (Lipinski definition) is 3. The second kappa shape index (κ2) is 36.3. The molecule has 3 atom stereocenters. The average molecular weight is 776 g/mol. The summed E-state index contributed by atoms with van der Waals surface area (Å²) < 4.78 is 23.5. The molecule has 0 aromatic rings. The quantitative estimate of drug-likeness (QED) is 0.0253. The maximum absolute atomic E-state index is 12.8. The van der Waals surface area contributed by atoms with Crippen molar-refractivity contribution in [3.63, 3.8) is 0 Å². The Balaban J connectivity index is 4.59. The van der Waals surface area contributed by atoms with Crippen molar-refractivity contribution in [2.75, 3.05) is 40.9 Å². The smallest absolute Gasteiger partial charge is 0.387 e. The number of nitrogens with zero attached hydrogens (tertiary/aromatic N) is 1. The van der Waals surface area contributed by atoms with Gasteiger partial charge in [-0.1, -0.05) is 144 Å². The van der Waals surface area contributed by atoms with E-state index in [9.17, 15) is 19.4 Å². The first-order valence-corrected chi connectivity index (χ1v) is 22.5. The Bertz CT molecular complexity index is 1150. The Labute approximate surface area is 331 Å². The lowest BCUT2D eigenvalue weighted by Gasteiger charge is -2.25. The molecule has 3 unspecified atom stereocenters. The number of phosphoric ester groups is 1. The van der Waals surface area contributed by atoms with Crippen LogP contribution in [0.3, 0.4) is 0 Å². The van der Waals surface area contributed by atoms with Crippen molar-refractivity contribution in [3.05, 3.63) is 85.1 Å². The number of phosphoric acid groups is 1. The number of rotatable bonds is 36. The highest BCUT2D eigenvalue weighted by atomic mass is 31.2. The molecule has 1 amide bonds. The summed E-state index contributed by atoms with van der Waals surface area (Å²) in [6.45, 7) is 4.60. The van der Waals surface area contributed by atoms with Crippen LogP contribution in [-0.2, 0) is 18.4 Å². The molecule has 0 aromatic carbocycles. The van der Waals surface area contributed by atoms with E-state index in [4.69, 9.17) is 9.05 Å². The lowest BCUT2D eigenvalue weighted by Crippen LogP contribution is -2.45. The van der Waals surface area contributed by atoms with Crippen LogP contribution in [-0.4, -0.2) is 73.4 Å². The van der Waals surface area contributed by atoms with Gasteiger partial charge in [0.05, 0.1) is 39.9 Å². The Morgan fingerprint density at radius 2 is 1.13 bits per heavy atom. The summed E-state index contributed by atoms with van der Waals surface area (Å²) in [5.41, 5.74) is 0. The summed E-state index contributed by atoms with van der Waals surface area (Å²) in [7, 11) is 1.51. The number of unbranched alkanes of at least 4 members (excludes halogenated alkanes) is 11. The Kier molecular flexibility index (Phi) is 34.8. The Hall–Kier alpha value is -2.32. The second-order valence-corrected chi connectivity index (χ2v) is 16.4. The highest BCUT2D eigenvalue weighted by Gasteiger charge is 2.27. The zero-order valence-corrected chi connectivity index (χ0v) is 35.8. The third-order valence-corrected chi connectivity index (χ3v) is 9.58. The number of nitrogens with one attached hydrogen (secondary N) is 1. The van der Waals surface area contributed by atoms with Crippen molar-refractivity contribution < 1.29 is 32.9 Å². The standard InChI is InChI=1S/C45H79N2O6P/c1-6-8-10-12-14-16-18-20-21-22-23-24-25-27-29-31-33-35-37-39-45(49)46-43(42-53-54(50,51)52-41-40-47(3,4)5)44(48)38-36-34-32-30-28-26-19-17-15-13-11-9-7-2/h8,10,14,16,20-21,23-24,27-30,36,38,43-44,48H,6-7,9,11-13,15,17-19,22,25-26,31-35,37,39-42H2,1-5H3,(H-,46,49,50,51)/p+1/b10-8-,16-14-,21-20-,24-23-,29-27-,30-28+,38-36+. The van der Waals surface area contributed by atoms with E-state index in [1.807, 2.05) is 27.2 Å². The first-order chi connectivity index (χ1) is 26.0. The largest absolute Gasteiger partial charge is 0.472 e. The fourth-order valence-electron chi connectivity index (χ4n) is 5.26. The minimum Gasteiger partial charge on any atom is -0.387 e. The topological polar surface area (TPSA) is 105 Å². The minimum absolute atomic E-state index is 0.0445. The summed E-state index contributed by atoms with van der Waals surface area (Å²) in [4.78, 5) is 23.1. The number of carbonyl (C=O) groups is 1. The summed E-state index contributed by atoms with van der Waals surface area (Å²) in [6, 6.07) is -0.884. The van der Waals surface area contributed by atoms with E-state index in [1.54, 1.807) is 6.08 Å². The molecular weight excluding hydrogens is 695 g/mol. The van der Waals surface area contributed by atoms with Crippen LogP contribution in [0.15, 0.2) is 85.1 Å². The van der Waals surface area contributed by atoms with Crippen molar-refractivity contribution in [2.24, 2.45) is 0 Å². The van der Waals surface area contributed by atoms with Crippen molar-refractivity contribution in [1.29, 1.82) is 0 Å². The molecule has 9 heteroatoms. The zero-order valence-electron chi connectivity index (χ0n) is 34.9. The van der Waals surface area contributed by atoms with Gasteiger partial charge in [-0.3, -0.25) is 13.8 Å². The molecule has 0 saturated carbocycles. The number of aliphatic hydroxyl groups excluding tert-OH is 1. The Morgan fingerprint density at radius 1 is 0.648 bits per heavy atom. The van der Waals surface area contributed by atoms with Gasteiger partial charge in [0.25, 0.3) is 0 Å². The Morgan fingerprint density at radius 3 is 1.70 bits per heavy atom. The molecule has 0 bridgehead atoms. The van der Waals surface area contributed by atoms with Crippen LogP contribution in [0.1, 0.15) is 142 Å². The van der Waals surface area contributed by atoms with Gasteiger partial charge in [-0.15, -0.1) is 0 Å². The highest BCUT2D eigenvalue weighted by Crippen LogP contribution is 2.43. The van der Waals surface area contributed by atoms with Crippen LogP contribution in [0.2, 0.25) is 0 Å². The van der Waals surface area contributed by atoms with Crippen LogP contribution in [0.4, 0.5) is 0 Å². The second-order valence-electron chi connectivity index (χ2n) is 15.0. The zero-order chi connectivity index (χ0) is 40.0. The number of hydrogen-bond acceptors (Lipinski definition) is 5. The number of amides is 1. The third-order valence-electron chi connectivity index (χ3n) is 8.60. The normalized spacial score (nSPS) is 15.3. The average Bonchev–Trinajstić information content (AvgIpc) is 3.12. The number of allylic oxidation sites excluding steroid dienone is 13. The molecule has 0 aliphatic carbocycles. The van der Waals surface area contributed by atoms with Crippen LogP contribution in [0.25, 0.3) is 0 Å². The van der Waals surface area contributed by atoms with Gasteiger partial charge in [-0.05, 0) is 77.0 Å². The molecule has 54 heavy (non-hydrogen) atoms. The summed E-state index contributed by atoms with van der Waals surface area (Å²) in [6.07, 6.45) is 49.4. The summed E-state index contributed by atoms with van der Waals surface area (Å²) >= 11 is 0. The van der Waals surface area contributed by atoms with E-state index < -0.39 is 20.0 Å². The van der Waals surface area contributed by atoms with E-state index in [1.165, 1.54) is 44.9 Å². The number of likely N-dealkylation sites (N-methyl/N-ethyl adjacent to an activating group) is 1. The van der Waals surface area contributed by atoms with Crippen LogP contribution >= 0.6 is 7.82 Å². The van der Waals surface area contributed by atoms with Gasteiger partial charge in [-0.2, -0.15) is 0 Å². The van der Waals surface area contributed by atoms with E-state index in [0.29, 0.717) is 23.9 Å². The summed E-state index contributed by atoms with van der Waals surface area (Å²) in [5, 5.41) is 13.7. The molecule has 0 saturated heterocycles. The van der Waals surface area contributed by atoms with Crippen molar-refractivity contribution in [2.45, 2.75) is 154 Å². The van der Waals surface area contributed by atoms with Crippen molar-refractivity contribution in [1.82, 2.24) is 5.32 Å². The van der Waals surface area contributed by atoms with Gasteiger partial charge in [0.15, 0.2) is 0 Å². The third kappa shape index (κ3) is 38.0.